The van der Waals surface area contributed by atoms with E-state index in [4.69, 9.17) is 8.92 Å². The Morgan fingerprint density at radius 2 is 1.80 bits per heavy atom. The molecule has 1 aromatic rings. The molecule has 0 aliphatic carbocycles. The smallest absolute Gasteiger partial charge is 0.329 e. The molecule has 2 saturated heterocycles. The van der Waals surface area contributed by atoms with Crippen LogP contribution in [0.3, 0.4) is 0 Å². The zero-order valence-corrected chi connectivity index (χ0v) is 17.9. The number of amides is 1. The third-order valence-electron chi connectivity index (χ3n) is 4.93. The number of carbonyl (C=O) groups is 2. The molecule has 0 saturated carbocycles. The number of aliphatic hydroxyl groups is 3. The number of nitrogens with zero attached hydrogens (tertiary/aromatic N) is 1. The Morgan fingerprint density at radius 1 is 1.17 bits per heavy atom. The third kappa shape index (κ3) is 4.20. The Balaban J connectivity index is 1.95. The molecule has 0 unspecified atom stereocenters. The Bertz CT molecular complexity index is 905. The summed E-state index contributed by atoms with van der Waals surface area (Å²) in [7, 11) is -4.50. The summed E-state index contributed by atoms with van der Waals surface area (Å²) in [5.74, 6) is -1.70. The van der Waals surface area contributed by atoms with E-state index in [1.807, 2.05) is 0 Å². The van der Waals surface area contributed by atoms with E-state index in [2.05, 4.69) is 0 Å². The first-order chi connectivity index (χ1) is 14.1. The van der Waals surface area contributed by atoms with E-state index in [1.165, 1.54) is 24.3 Å². The molecule has 6 atom stereocenters. The van der Waals surface area contributed by atoms with Gasteiger partial charge in [-0.1, -0.05) is 17.7 Å². The molecule has 2 aliphatic rings. The van der Waals surface area contributed by atoms with Crippen molar-refractivity contribution in [2.24, 2.45) is 0 Å². The number of fused-ring (bicyclic) bond motifs is 1. The molecule has 1 aromatic carbocycles. The molecule has 0 radical (unpaired) electrons. The minimum Gasteiger partial charge on any atom is -0.464 e. The van der Waals surface area contributed by atoms with Gasteiger partial charge in [-0.3, -0.25) is 8.98 Å². The van der Waals surface area contributed by atoms with Crippen molar-refractivity contribution in [1.82, 2.24) is 4.90 Å². The summed E-state index contributed by atoms with van der Waals surface area (Å²) in [6.45, 7) is 3.40. The van der Waals surface area contributed by atoms with E-state index in [1.54, 1.807) is 13.8 Å². The van der Waals surface area contributed by atoms with Crippen molar-refractivity contribution in [1.29, 1.82) is 0 Å². The highest BCUT2D eigenvalue weighted by atomic mass is 32.2. The number of hydrogen-bond donors (Lipinski definition) is 3. The number of esters is 1. The van der Waals surface area contributed by atoms with Crippen molar-refractivity contribution in [2.45, 2.75) is 54.6 Å². The number of thioether (sulfide) groups is 1. The van der Waals surface area contributed by atoms with Crippen molar-refractivity contribution in [3.8, 4) is 0 Å². The second-order valence-corrected chi connectivity index (χ2v) is 9.71. The van der Waals surface area contributed by atoms with E-state index >= 15 is 0 Å². The first-order valence-electron chi connectivity index (χ1n) is 9.23. The predicted octanol–water partition coefficient (Wildman–Crippen LogP) is -1.00. The molecule has 1 amide bonds. The quantitative estimate of drug-likeness (QED) is 0.368. The average molecular weight is 462 g/mol. The molecule has 0 aromatic heterocycles. The van der Waals surface area contributed by atoms with Crippen LogP contribution in [0.4, 0.5) is 0 Å². The van der Waals surface area contributed by atoms with Gasteiger partial charge in [-0.05, 0) is 26.0 Å². The van der Waals surface area contributed by atoms with Crippen molar-refractivity contribution >= 4 is 33.8 Å². The van der Waals surface area contributed by atoms with Crippen LogP contribution in [0.15, 0.2) is 29.2 Å². The van der Waals surface area contributed by atoms with Crippen LogP contribution >= 0.6 is 11.8 Å². The van der Waals surface area contributed by atoms with E-state index < -0.39 is 57.8 Å². The van der Waals surface area contributed by atoms with E-state index in [0.29, 0.717) is 0 Å². The molecule has 2 heterocycles. The molecule has 30 heavy (non-hydrogen) atoms. The van der Waals surface area contributed by atoms with Crippen molar-refractivity contribution in [3.63, 3.8) is 0 Å². The minimum absolute atomic E-state index is 0.0578. The lowest BCUT2D eigenvalue weighted by molar-refractivity contribution is -0.157. The zero-order valence-electron chi connectivity index (χ0n) is 16.2. The molecule has 0 spiro atoms. The second kappa shape index (κ2) is 8.81. The van der Waals surface area contributed by atoms with Crippen LogP contribution in [0, 0.1) is 6.92 Å². The molecule has 2 aliphatic heterocycles. The number of benzene rings is 1. The number of rotatable bonds is 5. The summed E-state index contributed by atoms with van der Waals surface area (Å²) < 4.78 is 35.3. The summed E-state index contributed by atoms with van der Waals surface area (Å²) >= 11 is 1.02. The Hall–Kier alpha value is -1.70. The lowest BCUT2D eigenvalue weighted by Crippen LogP contribution is -2.52. The first kappa shape index (κ1) is 23.0. The van der Waals surface area contributed by atoms with Gasteiger partial charge in [0.05, 0.1) is 11.5 Å². The van der Waals surface area contributed by atoms with Gasteiger partial charge in [-0.25, -0.2) is 4.79 Å². The van der Waals surface area contributed by atoms with Gasteiger partial charge in [0, 0.05) is 5.75 Å². The number of aryl methyl sites for hydroxylation is 1. The Labute approximate surface area is 177 Å². The number of ether oxygens (including phenoxy) is 1. The van der Waals surface area contributed by atoms with Crippen LogP contribution in [0.1, 0.15) is 12.5 Å². The summed E-state index contributed by atoms with van der Waals surface area (Å²) in [6.07, 6.45) is -7.61. The van der Waals surface area contributed by atoms with E-state index in [9.17, 15) is 33.3 Å². The fourth-order valence-electron chi connectivity index (χ4n) is 3.33. The maximum Gasteiger partial charge on any atom is 0.329 e. The molecule has 2 fully saturated rings. The fraction of sp³-hybridized carbons (Fsp3) is 0.556. The van der Waals surface area contributed by atoms with Crippen LogP contribution in [-0.4, -0.2) is 88.7 Å². The average Bonchev–Trinajstić information content (AvgIpc) is 3.13. The highest BCUT2D eigenvalue weighted by Gasteiger charge is 2.56. The third-order valence-corrected chi connectivity index (χ3v) is 7.60. The van der Waals surface area contributed by atoms with Gasteiger partial charge in [0.2, 0.25) is 0 Å². The molecule has 0 bridgehead atoms. The Kier molecular flexibility index (Phi) is 6.75. The summed E-state index contributed by atoms with van der Waals surface area (Å²) in [5, 5.41) is 30.1. The van der Waals surface area contributed by atoms with Crippen molar-refractivity contribution < 1.29 is 42.2 Å². The van der Waals surface area contributed by atoms with E-state index in [0.717, 1.165) is 22.2 Å². The van der Waals surface area contributed by atoms with Gasteiger partial charge in [0.25, 0.3) is 16.0 Å². The van der Waals surface area contributed by atoms with Crippen LogP contribution < -0.4 is 0 Å². The van der Waals surface area contributed by atoms with Crippen molar-refractivity contribution in [3.05, 3.63) is 29.8 Å². The summed E-state index contributed by atoms with van der Waals surface area (Å²) in [4.78, 5) is 26.1. The molecule has 10 nitrogen and oxygen atoms in total. The SMILES string of the molecule is CCOC(=O)[C@@H]1CS[C@@H]2[C@H](O)[C@@H](O)[C@H](O)[C@H](OS(=O)(=O)c3ccc(C)cc3)C(=O)N21. The largest absolute Gasteiger partial charge is 0.464 e. The van der Waals surface area contributed by atoms with Gasteiger partial charge >= 0.3 is 5.97 Å². The van der Waals surface area contributed by atoms with Crippen molar-refractivity contribution in [2.75, 3.05) is 12.4 Å². The standard InChI is InChI=1S/C18H23NO9S2/c1-3-27-18(24)11-8-29-17-14(22)12(20)13(21)15(16(23)19(11)17)28-30(25,26)10-6-4-9(2)5-7-10/h4-7,11-15,17,20-22H,3,8H2,1-2H3/t11-,12-,13-,14+,15-,17+/m0/s1. The molecule has 12 heteroatoms. The van der Waals surface area contributed by atoms with Crippen LogP contribution in [0.5, 0.6) is 0 Å². The predicted molar refractivity (Wildman–Crippen MR) is 105 cm³/mol. The maximum absolute atomic E-state index is 13.1. The van der Waals surface area contributed by atoms with Crippen LogP contribution in [0.25, 0.3) is 0 Å². The van der Waals surface area contributed by atoms with Crippen LogP contribution in [0.2, 0.25) is 0 Å². The zero-order chi connectivity index (χ0) is 22.2. The van der Waals surface area contributed by atoms with Gasteiger partial charge in [0.15, 0.2) is 6.10 Å². The second-order valence-electron chi connectivity index (χ2n) is 6.99. The lowest BCUT2D eigenvalue weighted by atomic mass is 10.1. The van der Waals surface area contributed by atoms with E-state index in [-0.39, 0.29) is 17.3 Å². The minimum atomic E-state index is -4.50. The highest BCUT2D eigenvalue weighted by Crippen LogP contribution is 2.38. The molecule has 166 valence electrons. The normalized spacial score (nSPS) is 31.9. The first-order valence-corrected chi connectivity index (χ1v) is 11.7. The lowest BCUT2D eigenvalue weighted by Gasteiger charge is -2.29. The van der Waals surface area contributed by atoms with Gasteiger partial charge in [0.1, 0.15) is 29.7 Å². The van der Waals surface area contributed by atoms with Gasteiger partial charge < -0.3 is 25.0 Å². The summed E-state index contributed by atoms with van der Waals surface area (Å²) in [6, 6.07) is 4.50. The molecule has 3 rings (SSSR count). The van der Waals surface area contributed by atoms with Gasteiger partial charge in [-0.15, -0.1) is 11.8 Å². The Morgan fingerprint density at radius 3 is 2.40 bits per heavy atom. The number of hydrogen-bond acceptors (Lipinski definition) is 10. The topological polar surface area (TPSA) is 151 Å². The molecular weight excluding hydrogens is 438 g/mol. The number of aliphatic hydroxyl groups excluding tert-OH is 3. The number of carbonyl (C=O) groups excluding carboxylic acids is 2. The molecular formula is C18H23NO9S2. The highest BCUT2D eigenvalue weighted by molar-refractivity contribution is 8.00. The fourth-order valence-corrected chi connectivity index (χ4v) is 5.82. The molecule has 3 N–H and O–H groups in total. The van der Waals surface area contributed by atoms with Gasteiger partial charge in [-0.2, -0.15) is 8.42 Å². The van der Waals surface area contributed by atoms with Crippen LogP contribution in [-0.2, 0) is 28.6 Å². The monoisotopic (exact) mass is 461 g/mol. The summed E-state index contributed by atoms with van der Waals surface area (Å²) in [5.41, 5.74) is 0.798. The maximum atomic E-state index is 13.1.